The van der Waals surface area contributed by atoms with Crippen LogP contribution in [0.4, 0.5) is 0 Å². The van der Waals surface area contributed by atoms with E-state index < -0.39 is 10.0 Å². The third kappa shape index (κ3) is 4.47. The molecule has 0 spiro atoms. The Kier molecular flexibility index (Phi) is 5.94. The van der Waals surface area contributed by atoms with Gasteiger partial charge in [0.1, 0.15) is 4.21 Å². The maximum Gasteiger partial charge on any atom is 0.250 e. The molecule has 0 aliphatic carbocycles. The van der Waals surface area contributed by atoms with Crippen LogP contribution >= 0.6 is 54.8 Å². The SMILES string of the molecule is CC(C)C(Br)CNS(=O)(=O)c1cc(Cl)c(Br)s1. The Morgan fingerprint density at radius 1 is 1.53 bits per heavy atom. The van der Waals surface area contributed by atoms with E-state index in [1.54, 1.807) is 0 Å². The van der Waals surface area contributed by atoms with Gasteiger partial charge in [-0.05, 0) is 27.9 Å². The molecule has 1 heterocycles. The third-order valence-electron chi connectivity index (χ3n) is 2.08. The van der Waals surface area contributed by atoms with Gasteiger partial charge in [-0.15, -0.1) is 11.3 Å². The molecular formula is C9H12Br2ClNO2S2. The summed E-state index contributed by atoms with van der Waals surface area (Å²) >= 11 is 13.5. The van der Waals surface area contributed by atoms with Gasteiger partial charge in [0.25, 0.3) is 0 Å². The van der Waals surface area contributed by atoms with Crippen LogP contribution in [-0.2, 0) is 10.0 Å². The summed E-state index contributed by atoms with van der Waals surface area (Å²) in [6.07, 6.45) is 0. The quantitative estimate of drug-likeness (QED) is 0.728. The van der Waals surface area contributed by atoms with E-state index in [1.165, 1.54) is 6.07 Å². The van der Waals surface area contributed by atoms with E-state index in [-0.39, 0.29) is 9.04 Å². The largest absolute Gasteiger partial charge is 0.250 e. The standard InChI is InChI=1S/C9H12Br2ClNO2S2/c1-5(2)6(10)4-13-17(14,15)8-3-7(12)9(11)16-8/h3,5-6,13H,4H2,1-2H3. The predicted molar refractivity (Wildman–Crippen MR) is 79.8 cm³/mol. The fraction of sp³-hybridized carbons (Fsp3) is 0.556. The molecule has 0 radical (unpaired) electrons. The van der Waals surface area contributed by atoms with Crippen molar-refractivity contribution < 1.29 is 8.42 Å². The summed E-state index contributed by atoms with van der Waals surface area (Å²) < 4.78 is 27.2. The lowest BCUT2D eigenvalue weighted by Crippen LogP contribution is -2.31. The van der Waals surface area contributed by atoms with Crippen LogP contribution in [0.5, 0.6) is 0 Å². The van der Waals surface area contributed by atoms with Gasteiger partial charge in [-0.3, -0.25) is 0 Å². The zero-order valence-electron chi connectivity index (χ0n) is 9.21. The van der Waals surface area contributed by atoms with Crippen molar-refractivity contribution in [1.82, 2.24) is 4.72 Å². The number of hydrogen-bond acceptors (Lipinski definition) is 3. The van der Waals surface area contributed by atoms with E-state index in [4.69, 9.17) is 11.6 Å². The summed E-state index contributed by atoms with van der Waals surface area (Å²) in [5, 5.41) is 0.412. The topological polar surface area (TPSA) is 46.2 Å². The van der Waals surface area contributed by atoms with Gasteiger partial charge in [0.05, 0.1) is 8.81 Å². The van der Waals surface area contributed by atoms with Gasteiger partial charge >= 0.3 is 0 Å². The number of halogens is 3. The van der Waals surface area contributed by atoms with Crippen molar-refractivity contribution in [3.05, 3.63) is 14.9 Å². The van der Waals surface area contributed by atoms with Crippen molar-refractivity contribution in [2.75, 3.05) is 6.54 Å². The number of alkyl halides is 1. The Labute approximate surface area is 127 Å². The van der Waals surface area contributed by atoms with Crippen LogP contribution in [0.15, 0.2) is 14.1 Å². The van der Waals surface area contributed by atoms with Crippen molar-refractivity contribution in [3.8, 4) is 0 Å². The van der Waals surface area contributed by atoms with E-state index in [0.29, 0.717) is 21.3 Å². The molecule has 0 saturated heterocycles. The molecule has 0 saturated carbocycles. The molecule has 8 heteroatoms. The highest BCUT2D eigenvalue weighted by molar-refractivity contribution is 9.11. The summed E-state index contributed by atoms with van der Waals surface area (Å²) in [4.78, 5) is 0.108. The van der Waals surface area contributed by atoms with Crippen molar-refractivity contribution in [1.29, 1.82) is 0 Å². The lowest BCUT2D eigenvalue weighted by atomic mass is 10.1. The summed E-state index contributed by atoms with van der Waals surface area (Å²) in [7, 11) is -3.47. The Balaban J connectivity index is 2.76. The molecule has 3 nitrogen and oxygen atoms in total. The van der Waals surface area contributed by atoms with E-state index in [1.807, 2.05) is 13.8 Å². The van der Waals surface area contributed by atoms with Gasteiger partial charge in [0.15, 0.2) is 0 Å². The van der Waals surface area contributed by atoms with E-state index in [0.717, 1.165) is 11.3 Å². The fourth-order valence-corrected chi connectivity index (χ4v) is 4.83. The van der Waals surface area contributed by atoms with Crippen molar-refractivity contribution in [2.45, 2.75) is 22.9 Å². The number of hydrogen-bond donors (Lipinski definition) is 1. The first kappa shape index (κ1) is 15.9. The Morgan fingerprint density at radius 2 is 2.12 bits per heavy atom. The summed E-state index contributed by atoms with van der Waals surface area (Å²) in [6.45, 7) is 4.39. The number of sulfonamides is 1. The average Bonchev–Trinajstić information content (AvgIpc) is 2.56. The Morgan fingerprint density at radius 3 is 2.53 bits per heavy atom. The van der Waals surface area contributed by atoms with Gasteiger partial charge < -0.3 is 0 Å². The maximum atomic E-state index is 11.9. The summed E-state index contributed by atoms with van der Waals surface area (Å²) in [6, 6.07) is 1.44. The number of rotatable bonds is 5. The minimum Gasteiger partial charge on any atom is -0.209 e. The van der Waals surface area contributed by atoms with Crippen LogP contribution in [0.2, 0.25) is 5.02 Å². The Bertz CT molecular complexity index is 468. The second kappa shape index (κ2) is 6.34. The molecule has 0 aromatic carbocycles. The zero-order chi connectivity index (χ0) is 13.2. The van der Waals surface area contributed by atoms with Crippen molar-refractivity contribution in [2.24, 2.45) is 5.92 Å². The molecule has 0 fully saturated rings. The van der Waals surface area contributed by atoms with E-state index in [9.17, 15) is 8.42 Å². The van der Waals surface area contributed by atoms with Crippen LogP contribution in [0.1, 0.15) is 13.8 Å². The maximum absolute atomic E-state index is 11.9. The molecule has 0 amide bonds. The molecule has 0 aliphatic heterocycles. The van der Waals surface area contributed by atoms with Gasteiger partial charge in [0, 0.05) is 11.4 Å². The minimum absolute atomic E-state index is 0.108. The first-order valence-electron chi connectivity index (χ1n) is 4.82. The van der Waals surface area contributed by atoms with E-state index in [2.05, 4.69) is 36.6 Å². The van der Waals surface area contributed by atoms with Gasteiger partial charge in [-0.1, -0.05) is 41.4 Å². The van der Waals surface area contributed by atoms with Crippen LogP contribution < -0.4 is 4.72 Å². The second-order valence-electron chi connectivity index (χ2n) is 3.80. The lowest BCUT2D eigenvalue weighted by molar-refractivity contribution is 0.564. The molecule has 1 unspecified atom stereocenters. The zero-order valence-corrected chi connectivity index (χ0v) is 14.8. The van der Waals surface area contributed by atoms with E-state index >= 15 is 0 Å². The third-order valence-corrected chi connectivity index (χ3v) is 7.83. The second-order valence-corrected chi connectivity index (χ2v) is 9.75. The first-order chi connectivity index (χ1) is 7.74. The summed E-state index contributed by atoms with van der Waals surface area (Å²) in [5.74, 6) is 0.358. The van der Waals surface area contributed by atoms with Gasteiger partial charge in [-0.2, -0.15) is 0 Å². The van der Waals surface area contributed by atoms with Crippen LogP contribution in [0.25, 0.3) is 0 Å². The summed E-state index contributed by atoms with van der Waals surface area (Å²) in [5.41, 5.74) is 0. The van der Waals surface area contributed by atoms with Crippen molar-refractivity contribution >= 4 is 64.8 Å². The highest BCUT2D eigenvalue weighted by atomic mass is 79.9. The molecule has 98 valence electrons. The predicted octanol–water partition coefficient (Wildman–Crippen LogP) is 3.86. The van der Waals surface area contributed by atoms with Crippen molar-refractivity contribution in [3.63, 3.8) is 0 Å². The van der Waals surface area contributed by atoms with Crippen LogP contribution in [0.3, 0.4) is 0 Å². The number of nitrogens with one attached hydrogen (secondary N) is 1. The molecule has 1 N–H and O–H groups in total. The minimum atomic E-state index is -3.47. The van der Waals surface area contributed by atoms with Crippen LogP contribution in [0, 0.1) is 5.92 Å². The fourth-order valence-electron chi connectivity index (χ4n) is 0.955. The lowest BCUT2D eigenvalue weighted by Gasteiger charge is -2.13. The van der Waals surface area contributed by atoms with Gasteiger partial charge in [-0.25, -0.2) is 13.1 Å². The number of thiophene rings is 1. The highest BCUT2D eigenvalue weighted by Gasteiger charge is 2.20. The normalized spacial score (nSPS) is 14.2. The van der Waals surface area contributed by atoms with Crippen LogP contribution in [-0.4, -0.2) is 19.8 Å². The first-order valence-corrected chi connectivity index (χ1v) is 9.21. The molecule has 0 aliphatic rings. The molecule has 1 aromatic heterocycles. The molecule has 0 bridgehead atoms. The molecule has 1 aromatic rings. The highest BCUT2D eigenvalue weighted by Crippen LogP contribution is 2.34. The van der Waals surface area contributed by atoms with Gasteiger partial charge in [0.2, 0.25) is 10.0 Å². The molecule has 1 rings (SSSR count). The monoisotopic (exact) mass is 423 g/mol. The molecule has 17 heavy (non-hydrogen) atoms. The smallest absolute Gasteiger partial charge is 0.209 e. The Hall–Kier alpha value is 0.860. The molecule has 1 atom stereocenters. The average molecular weight is 426 g/mol. The molecular weight excluding hydrogens is 413 g/mol.